The number of carbonyl (C=O) groups is 1. The number of nitrogens with one attached hydrogen (secondary N) is 2. The second-order valence-corrected chi connectivity index (χ2v) is 6.09. The average Bonchev–Trinajstić information content (AvgIpc) is 2.91. The first-order valence-corrected chi connectivity index (χ1v) is 7.79. The van der Waals surface area contributed by atoms with Crippen LogP contribution in [0.25, 0.3) is 0 Å². The van der Waals surface area contributed by atoms with Crippen LogP contribution in [0.3, 0.4) is 0 Å². The normalized spacial score (nSPS) is 15.6. The highest BCUT2D eigenvalue weighted by molar-refractivity contribution is 9.10. The molecule has 1 fully saturated rings. The molecule has 1 aliphatic carbocycles. The van der Waals surface area contributed by atoms with Crippen LogP contribution < -0.4 is 10.6 Å². The third-order valence-electron chi connectivity index (χ3n) is 3.62. The summed E-state index contributed by atoms with van der Waals surface area (Å²) in [4.78, 5) is 11.7. The molecule has 0 unspecified atom stereocenters. The highest BCUT2D eigenvalue weighted by Gasteiger charge is 2.14. The summed E-state index contributed by atoms with van der Waals surface area (Å²) in [6.07, 6.45) is 6.70. The summed E-state index contributed by atoms with van der Waals surface area (Å²) in [5, 5.41) is 6.10. The van der Waals surface area contributed by atoms with E-state index in [1.165, 1.54) is 32.1 Å². The van der Waals surface area contributed by atoms with Crippen LogP contribution in [-0.2, 0) is 4.79 Å². The van der Waals surface area contributed by atoms with E-state index in [4.69, 9.17) is 0 Å². The summed E-state index contributed by atoms with van der Waals surface area (Å²) in [6, 6.07) is 7.62. The lowest BCUT2D eigenvalue weighted by atomic mass is 10.0. The molecule has 0 radical (unpaired) electrons. The Labute approximate surface area is 123 Å². The number of amides is 1. The number of carbonyl (C=O) groups excluding carboxylic acids is 1. The third-order valence-corrected chi connectivity index (χ3v) is 4.15. The van der Waals surface area contributed by atoms with Crippen LogP contribution in [0, 0.1) is 5.92 Å². The van der Waals surface area contributed by atoms with E-state index < -0.39 is 0 Å². The van der Waals surface area contributed by atoms with Crippen molar-refractivity contribution in [3.63, 3.8) is 0 Å². The van der Waals surface area contributed by atoms with Crippen LogP contribution in [0.2, 0.25) is 0 Å². The predicted octanol–water partition coefficient (Wildman–Crippen LogP) is 3.56. The molecule has 2 rings (SSSR count). The van der Waals surface area contributed by atoms with E-state index in [0.29, 0.717) is 6.54 Å². The summed E-state index contributed by atoms with van der Waals surface area (Å²) in [5.74, 6) is 0.899. The van der Waals surface area contributed by atoms with Crippen LogP contribution in [0.15, 0.2) is 28.7 Å². The molecule has 1 amide bonds. The van der Waals surface area contributed by atoms with Crippen molar-refractivity contribution in [2.75, 3.05) is 18.4 Å². The number of hydrogen-bond donors (Lipinski definition) is 2. The van der Waals surface area contributed by atoms with E-state index in [0.717, 1.165) is 22.6 Å². The molecule has 0 spiro atoms. The Morgan fingerprint density at radius 2 is 1.89 bits per heavy atom. The van der Waals surface area contributed by atoms with Gasteiger partial charge < -0.3 is 10.6 Å². The van der Waals surface area contributed by atoms with Crippen molar-refractivity contribution in [3.05, 3.63) is 28.7 Å². The van der Waals surface area contributed by atoms with Gasteiger partial charge in [0.05, 0.1) is 6.54 Å². The lowest BCUT2D eigenvalue weighted by Crippen LogP contribution is -2.29. The first kappa shape index (κ1) is 14.5. The molecule has 104 valence electrons. The van der Waals surface area contributed by atoms with Crippen molar-refractivity contribution in [3.8, 4) is 0 Å². The summed E-state index contributed by atoms with van der Waals surface area (Å²) < 4.78 is 1.01. The SMILES string of the molecule is O=C(CNCCC1CCCC1)Nc1ccc(Br)cc1. The standard InChI is InChI=1S/C15H21BrN2O/c16-13-5-7-14(8-6-13)18-15(19)11-17-10-9-12-3-1-2-4-12/h5-8,12,17H,1-4,9-11H2,(H,18,19). The molecule has 1 aromatic rings. The van der Waals surface area contributed by atoms with Crippen molar-refractivity contribution in [2.24, 2.45) is 5.92 Å². The first-order valence-electron chi connectivity index (χ1n) is 7.00. The Hall–Kier alpha value is -0.870. The van der Waals surface area contributed by atoms with Crippen molar-refractivity contribution in [2.45, 2.75) is 32.1 Å². The molecule has 0 atom stereocenters. The zero-order valence-corrected chi connectivity index (χ0v) is 12.7. The molecule has 0 aliphatic heterocycles. The molecule has 0 bridgehead atoms. The highest BCUT2D eigenvalue weighted by Crippen LogP contribution is 2.26. The average molecular weight is 325 g/mol. The second-order valence-electron chi connectivity index (χ2n) is 5.17. The minimum atomic E-state index is 0.0220. The molecule has 3 nitrogen and oxygen atoms in total. The second kappa shape index (κ2) is 7.65. The lowest BCUT2D eigenvalue weighted by Gasteiger charge is -2.10. The zero-order chi connectivity index (χ0) is 13.5. The fourth-order valence-electron chi connectivity index (χ4n) is 2.55. The van der Waals surface area contributed by atoms with Crippen LogP contribution in [-0.4, -0.2) is 19.0 Å². The zero-order valence-electron chi connectivity index (χ0n) is 11.1. The number of anilines is 1. The molecule has 0 heterocycles. The van der Waals surface area contributed by atoms with Gasteiger partial charge in [-0.05, 0) is 43.1 Å². The molecule has 0 aromatic heterocycles. The number of rotatable bonds is 6. The Morgan fingerprint density at radius 3 is 2.58 bits per heavy atom. The smallest absolute Gasteiger partial charge is 0.238 e. The molecule has 1 saturated carbocycles. The number of hydrogen-bond acceptors (Lipinski definition) is 2. The van der Waals surface area contributed by atoms with Crippen molar-refractivity contribution >= 4 is 27.5 Å². The quantitative estimate of drug-likeness (QED) is 0.785. The Morgan fingerprint density at radius 1 is 1.21 bits per heavy atom. The fraction of sp³-hybridized carbons (Fsp3) is 0.533. The third kappa shape index (κ3) is 5.33. The summed E-state index contributed by atoms with van der Waals surface area (Å²) in [5.41, 5.74) is 0.839. The van der Waals surface area contributed by atoms with Gasteiger partial charge in [-0.3, -0.25) is 4.79 Å². The Kier molecular flexibility index (Phi) is 5.86. The molecule has 1 aromatic carbocycles. The van der Waals surface area contributed by atoms with Gasteiger partial charge in [0.1, 0.15) is 0 Å². The molecule has 19 heavy (non-hydrogen) atoms. The van der Waals surface area contributed by atoms with Crippen LogP contribution in [0.5, 0.6) is 0 Å². The minimum absolute atomic E-state index is 0.0220. The summed E-state index contributed by atoms with van der Waals surface area (Å²) in [7, 11) is 0. The molecule has 1 aliphatic rings. The molecule has 4 heteroatoms. The van der Waals surface area contributed by atoms with E-state index in [2.05, 4.69) is 26.6 Å². The fourth-order valence-corrected chi connectivity index (χ4v) is 2.81. The van der Waals surface area contributed by atoms with Gasteiger partial charge in [-0.2, -0.15) is 0 Å². The lowest BCUT2D eigenvalue weighted by molar-refractivity contribution is -0.115. The van der Waals surface area contributed by atoms with Crippen LogP contribution in [0.1, 0.15) is 32.1 Å². The maximum absolute atomic E-state index is 11.7. The van der Waals surface area contributed by atoms with Crippen molar-refractivity contribution < 1.29 is 4.79 Å². The van der Waals surface area contributed by atoms with Gasteiger partial charge in [0.2, 0.25) is 5.91 Å². The molecule has 2 N–H and O–H groups in total. The van der Waals surface area contributed by atoms with Gasteiger partial charge in [0.15, 0.2) is 0 Å². The van der Waals surface area contributed by atoms with Crippen LogP contribution in [0.4, 0.5) is 5.69 Å². The predicted molar refractivity (Wildman–Crippen MR) is 82.2 cm³/mol. The van der Waals surface area contributed by atoms with Crippen molar-refractivity contribution in [1.29, 1.82) is 0 Å². The van der Waals surface area contributed by atoms with E-state index in [1.807, 2.05) is 24.3 Å². The summed E-state index contributed by atoms with van der Waals surface area (Å²) >= 11 is 3.37. The van der Waals surface area contributed by atoms with E-state index >= 15 is 0 Å². The minimum Gasteiger partial charge on any atom is -0.325 e. The molecular weight excluding hydrogens is 304 g/mol. The van der Waals surface area contributed by atoms with Crippen molar-refractivity contribution in [1.82, 2.24) is 5.32 Å². The molecular formula is C15H21BrN2O. The van der Waals surface area contributed by atoms with Gasteiger partial charge in [-0.15, -0.1) is 0 Å². The highest BCUT2D eigenvalue weighted by atomic mass is 79.9. The monoisotopic (exact) mass is 324 g/mol. The van der Waals surface area contributed by atoms with Gasteiger partial charge in [0.25, 0.3) is 0 Å². The Bertz CT molecular complexity index is 399. The topological polar surface area (TPSA) is 41.1 Å². The van der Waals surface area contributed by atoms with E-state index in [1.54, 1.807) is 0 Å². The van der Waals surface area contributed by atoms with Gasteiger partial charge in [-0.1, -0.05) is 41.6 Å². The van der Waals surface area contributed by atoms with Gasteiger partial charge >= 0.3 is 0 Å². The van der Waals surface area contributed by atoms with Gasteiger partial charge in [0, 0.05) is 10.2 Å². The molecule has 0 saturated heterocycles. The number of benzene rings is 1. The van der Waals surface area contributed by atoms with E-state index in [-0.39, 0.29) is 5.91 Å². The van der Waals surface area contributed by atoms with E-state index in [9.17, 15) is 4.79 Å². The Balaban J connectivity index is 1.60. The first-order chi connectivity index (χ1) is 9.24. The van der Waals surface area contributed by atoms with Crippen LogP contribution >= 0.6 is 15.9 Å². The summed E-state index contributed by atoms with van der Waals surface area (Å²) in [6.45, 7) is 1.33. The maximum atomic E-state index is 11.7. The largest absolute Gasteiger partial charge is 0.325 e. The number of halogens is 1. The van der Waals surface area contributed by atoms with Gasteiger partial charge in [-0.25, -0.2) is 0 Å². The maximum Gasteiger partial charge on any atom is 0.238 e.